The predicted octanol–water partition coefficient (Wildman–Crippen LogP) is 1.25. The molecule has 0 aromatic rings. The summed E-state index contributed by atoms with van der Waals surface area (Å²) in [7, 11) is 1.54. The molecule has 0 rings (SSSR count). The zero-order chi connectivity index (χ0) is 11.0. The summed E-state index contributed by atoms with van der Waals surface area (Å²) in [5.74, 6) is -0.816. The van der Waals surface area contributed by atoms with E-state index in [9.17, 15) is 4.79 Å². The number of hydrogen-bond donors (Lipinski definition) is 2. The Hall–Kier alpha value is -0.610. The number of carboxylic acids is 1. The van der Waals surface area contributed by atoms with Crippen LogP contribution in [0.25, 0.3) is 0 Å². The van der Waals surface area contributed by atoms with Crippen molar-refractivity contribution in [1.82, 2.24) is 5.32 Å². The van der Waals surface area contributed by atoms with Crippen molar-refractivity contribution in [2.45, 2.75) is 45.3 Å². The van der Waals surface area contributed by atoms with Gasteiger partial charge < -0.3 is 15.2 Å². The van der Waals surface area contributed by atoms with Crippen molar-refractivity contribution in [2.75, 3.05) is 13.7 Å². The first-order valence-corrected chi connectivity index (χ1v) is 5.11. The molecule has 0 bridgehead atoms. The van der Waals surface area contributed by atoms with Gasteiger partial charge >= 0.3 is 5.97 Å². The van der Waals surface area contributed by atoms with Crippen molar-refractivity contribution in [3.8, 4) is 0 Å². The first kappa shape index (κ1) is 13.4. The van der Waals surface area contributed by atoms with Gasteiger partial charge in [-0.2, -0.15) is 0 Å². The summed E-state index contributed by atoms with van der Waals surface area (Å²) in [5.41, 5.74) is 0. The maximum Gasteiger partial charge on any atom is 0.306 e. The average Bonchev–Trinajstić information content (AvgIpc) is 2.17. The first-order valence-electron chi connectivity index (χ1n) is 5.11. The van der Waals surface area contributed by atoms with Crippen LogP contribution in [0, 0.1) is 0 Å². The van der Waals surface area contributed by atoms with Gasteiger partial charge in [0.15, 0.2) is 0 Å². The molecule has 0 heterocycles. The van der Waals surface area contributed by atoms with Gasteiger partial charge in [-0.15, -0.1) is 0 Å². The zero-order valence-electron chi connectivity index (χ0n) is 9.25. The van der Waals surface area contributed by atoms with E-state index in [-0.39, 0.29) is 12.5 Å². The summed E-state index contributed by atoms with van der Waals surface area (Å²) in [6.07, 6.45) is 1.94. The third-order valence-corrected chi connectivity index (χ3v) is 2.36. The normalized spacial score (nSPS) is 13.1. The van der Waals surface area contributed by atoms with Crippen LogP contribution in [0.3, 0.4) is 0 Å². The Balaban J connectivity index is 3.76. The molecule has 0 aromatic heterocycles. The number of hydrogen-bond acceptors (Lipinski definition) is 3. The summed E-state index contributed by atoms with van der Waals surface area (Å²) < 4.78 is 5.06. The SMILES string of the molecule is CCC(CC)NCC(CC(=O)O)OC. The van der Waals surface area contributed by atoms with Crippen LogP contribution in [0.4, 0.5) is 0 Å². The summed E-state index contributed by atoms with van der Waals surface area (Å²) in [6.45, 7) is 4.83. The monoisotopic (exact) mass is 203 g/mol. The van der Waals surface area contributed by atoms with E-state index >= 15 is 0 Å². The van der Waals surface area contributed by atoms with Crippen LogP contribution in [0.1, 0.15) is 33.1 Å². The standard InChI is InChI=1S/C10H21NO3/c1-4-8(5-2)11-7-9(14-3)6-10(12)13/h8-9,11H,4-7H2,1-3H3,(H,12,13). The Morgan fingerprint density at radius 1 is 1.43 bits per heavy atom. The van der Waals surface area contributed by atoms with Crippen LogP contribution in [-0.4, -0.2) is 36.9 Å². The summed E-state index contributed by atoms with van der Waals surface area (Å²) in [5, 5.41) is 11.9. The molecule has 0 aliphatic heterocycles. The Labute approximate surface area is 85.6 Å². The van der Waals surface area contributed by atoms with E-state index in [4.69, 9.17) is 9.84 Å². The van der Waals surface area contributed by atoms with Crippen molar-refractivity contribution in [1.29, 1.82) is 0 Å². The van der Waals surface area contributed by atoms with Crippen LogP contribution in [0.2, 0.25) is 0 Å². The molecular weight excluding hydrogens is 182 g/mol. The Morgan fingerprint density at radius 3 is 2.36 bits per heavy atom. The molecule has 0 radical (unpaired) electrons. The molecule has 14 heavy (non-hydrogen) atoms. The highest BCUT2D eigenvalue weighted by Crippen LogP contribution is 2.00. The van der Waals surface area contributed by atoms with Gasteiger partial charge in [0.25, 0.3) is 0 Å². The van der Waals surface area contributed by atoms with E-state index < -0.39 is 5.97 Å². The molecule has 1 unspecified atom stereocenters. The molecule has 84 valence electrons. The van der Waals surface area contributed by atoms with E-state index in [0.29, 0.717) is 12.6 Å². The van der Waals surface area contributed by atoms with E-state index in [2.05, 4.69) is 19.2 Å². The van der Waals surface area contributed by atoms with Crippen molar-refractivity contribution in [3.05, 3.63) is 0 Å². The van der Waals surface area contributed by atoms with Crippen molar-refractivity contribution in [3.63, 3.8) is 0 Å². The largest absolute Gasteiger partial charge is 0.481 e. The predicted molar refractivity (Wildman–Crippen MR) is 55.4 cm³/mol. The van der Waals surface area contributed by atoms with E-state index in [0.717, 1.165) is 12.8 Å². The van der Waals surface area contributed by atoms with Crippen LogP contribution in [-0.2, 0) is 9.53 Å². The fraction of sp³-hybridized carbons (Fsp3) is 0.900. The lowest BCUT2D eigenvalue weighted by molar-refractivity contribution is -0.139. The third-order valence-electron chi connectivity index (χ3n) is 2.36. The van der Waals surface area contributed by atoms with Crippen LogP contribution in [0.15, 0.2) is 0 Å². The quantitative estimate of drug-likeness (QED) is 0.623. The van der Waals surface area contributed by atoms with Gasteiger partial charge in [-0.3, -0.25) is 4.79 Å². The minimum atomic E-state index is -0.816. The molecule has 0 fully saturated rings. The van der Waals surface area contributed by atoms with Crippen LogP contribution < -0.4 is 5.32 Å². The molecule has 0 saturated carbocycles. The Kier molecular flexibility index (Phi) is 7.42. The molecule has 4 heteroatoms. The minimum absolute atomic E-state index is 0.0592. The number of nitrogens with one attached hydrogen (secondary N) is 1. The van der Waals surface area contributed by atoms with Crippen molar-refractivity contribution in [2.24, 2.45) is 0 Å². The highest BCUT2D eigenvalue weighted by atomic mass is 16.5. The molecular formula is C10H21NO3. The maximum atomic E-state index is 10.4. The third kappa shape index (κ3) is 5.94. The summed E-state index contributed by atoms with van der Waals surface area (Å²) >= 11 is 0. The highest BCUT2D eigenvalue weighted by molar-refractivity contribution is 5.67. The highest BCUT2D eigenvalue weighted by Gasteiger charge is 2.13. The fourth-order valence-electron chi connectivity index (χ4n) is 1.31. The van der Waals surface area contributed by atoms with Gasteiger partial charge in [-0.25, -0.2) is 0 Å². The maximum absolute atomic E-state index is 10.4. The fourth-order valence-corrected chi connectivity index (χ4v) is 1.31. The molecule has 4 nitrogen and oxygen atoms in total. The number of aliphatic carboxylic acids is 1. The number of ether oxygens (including phenoxy) is 1. The average molecular weight is 203 g/mol. The van der Waals surface area contributed by atoms with E-state index in [1.807, 2.05) is 0 Å². The van der Waals surface area contributed by atoms with E-state index in [1.165, 1.54) is 0 Å². The molecule has 0 aliphatic carbocycles. The topological polar surface area (TPSA) is 58.6 Å². The number of rotatable bonds is 8. The molecule has 0 aromatic carbocycles. The second-order valence-electron chi connectivity index (χ2n) is 3.38. The second-order valence-corrected chi connectivity index (χ2v) is 3.38. The molecule has 0 spiro atoms. The van der Waals surface area contributed by atoms with Crippen LogP contribution in [0.5, 0.6) is 0 Å². The van der Waals surface area contributed by atoms with E-state index in [1.54, 1.807) is 7.11 Å². The molecule has 1 atom stereocenters. The van der Waals surface area contributed by atoms with Gasteiger partial charge in [0, 0.05) is 19.7 Å². The zero-order valence-corrected chi connectivity index (χ0v) is 9.25. The van der Waals surface area contributed by atoms with Crippen LogP contribution >= 0.6 is 0 Å². The minimum Gasteiger partial charge on any atom is -0.481 e. The molecule has 0 aliphatic rings. The molecule has 0 amide bonds. The smallest absolute Gasteiger partial charge is 0.306 e. The summed E-state index contributed by atoms with van der Waals surface area (Å²) in [4.78, 5) is 10.4. The lowest BCUT2D eigenvalue weighted by Gasteiger charge is -2.19. The first-order chi connectivity index (χ1) is 6.63. The summed E-state index contributed by atoms with van der Waals surface area (Å²) in [6, 6.07) is 0.460. The number of carbonyl (C=O) groups is 1. The number of methoxy groups -OCH3 is 1. The lowest BCUT2D eigenvalue weighted by Crippen LogP contribution is -2.36. The van der Waals surface area contributed by atoms with Crippen molar-refractivity contribution < 1.29 is 14.6 Å². The van der Waals surface area contributed by atoms with Gasteiger partial charge in [-0.05, 0) is 12.8 Å². The lowest BCUT2D eigenvalue weighted by atomic mass is 10.1. The Morgan fingerprint density at radius 2 is 2.00 bits per heavy atom. The number of carboxylic acid groups (broad SMARTS) is 1. The van der Waals surface area contributed by atoms with Gasteiger partial charge in [0.2, 0.25) is 0 Å². The molecule has 0 saturated heterocycles. The van der Waals surface area contributed by atoms with Crippen molar-refractivity contribution >= 4 is 5.97 Å². The van der Waals surface area contributed by atoms with Gasteiger partial charge in [-0.1, -0.05) is 13.8 Å². The second kappa shape index (κ2) is 7.76. The Bertz CT molecular complexity index is 157. The van der Waals surface area contributed by atoms with Gasteiger partial charge in [0.05, 0.1) is 12.5 Å². The molecule has 2 N–H and O–H groups in total. The van der Waals surface area contributed by atoms with Gasteiger partial charge in [0.1, 0.15) is 0 Å².